The monoisotopic (exact) mass is 378 g/mol. The van der Waals surface area contributed by atoms with Crippen molar-refractivity contribution in [3.8, 4) is 5.69 Å². The molecule has 0 unspecified atom stereocenters. The molecule has 1 aromatic heterocycles. The molecule has 2 N–H and O–H groups in total. The van der Waals surface area contributed by atoms with E-state index in [1.807, 2.05) is 66.3 Å². The van der Waals surface area contributed by atoms with Crippen LogP contribution in [-0.2, 0) is 16.6 Å². The molecule has 0 atom stereocenters. The Morgan fingerprint density at radius 3 is 2.69 bits per heavy atom. The van der Waals surface area contributed by atoms with E-state index in [2.05, 4.69) is 20.1 Å². The Bertz CT molecular complexity index is 817. The molecule has 26 heavy (non-hydrogen) atoms. The first-order chi connectivity index (χ1) is 12.4. The van der Waals surface area contributed by atoms with Crippen molar-refractivity contribution in [1.29, 1.82) is 0 Å². The lowest BCUT2D eigenvalue weighted by Gasteiger charge is -2.21. The summed E-state index contributed by atoms with van der Waals surface area (Å²) >= 11 is 0. The molecule has 0 aliphatic carbocycles. The number of rotatable bonds is 8. The number of hydrogen-bond donors (Lipinski definition) is 2. The number of benzene rings is 1. The van der Waals surface area contributed by atoms with Crippen LogP contribution in [0.2, 0.25) is 0 Å². The molecule has 0 bridgehead atoms. The summed E-state index contributed by atoms with van der Waals surface area (Å²) in [6.07, 6.45) is 4.96. The molecule has 8 nitrogen and oxygen atoms in total. The van der Waals surface area contributed by atoms with Gasteiger partial charge in [0.25, 0.3) is 0 Å². The average molecular weight is 379 g/mol. The largest absolute Gasteiger partial charge is 0.357 e. The van der Waals surface area contributed by atoms with Gasteiger partial charge in [0.1, 0.15) is 0 Å². The number of guanidine groups is 1. The van der Waals surface area contributed by atoms with E-state index in [4.69, 9.17) is 0 Å². The van der Waals surface area contributed by atoms with Crippen LogP contribution in [0.25, 0.3) is 5.69 Å². The van der Waals surface area contributed by atoms with Crippen LogP contribution in [-0.4, -0.2) is 62.0 Å². The normalized spacial score (nSPS) is 12.2. The molecule has 0 saturated heterocycles. The molecule has 0 spiro atoms. The fraction of sp³-hybridized carbons (Fsp3) is 0.412. The lowest BCUT2D eigenvalue weighted by Crippen LogP contribution is -2.39. The maximum atomic E-state index is 11.1. The zero-order valence-corrected chi connectivity index (χ0v) is 16.2. The highest BCUT2D eigenvalue weighted by atomic mass is 32.2. The van der Waals surface area contributed by atoms with Gasteiger partial charge in [-0.3, -0.25) is 4.99 Å². The van der Waals surface area contributed by atoms with Gasteiger partial charge in [-0.15, -0.1) is 0 Å². The molecule has 0 aliphatic rings. The van der Waals surface area contributed by atoms with Crippen molar-refractivity contribution in [2.24, 2.45) is 4.99 Å². The second kappa shape index (κ2) is 9.35. The van der Waals surface area contributed by atoms with E-state index in [1.54, 1.807) is 0 Å². The van der Waals surface area contributed by atoms with Gasteiger partial charge in [0, 0.05) is 38.4 Å². The fourth-order valence-corrected chi connectivity index (χ4v) is 2.84. The molecule has 0 saturated carbocycles. The molecule has 1 aromatic carbocycles. The van der Waals surface area contributed by atoms with Crippen LogP contribution in [0.1, 0.15) is 12.5 Å². The van der Waals surface area contributed by atoms with E-state index >= 15 is 0 Å². The Morgan fingerprint density at radius 1 is 1.31 bits per heavy atom. The first-order valence-electron chi connectivity index (χ1n) is 8.42. The molecule has 142 valence electrons. The summed E-state index contributed by atoms with van der Waals surface area (Å²) in [6.45, 7) is 3.99. The summed E-state index contributed by atoms with van der Waals surface area (Å²) in [7, 11) is -1.26. The Labute approximate surface area is 155 Å². The summed E-state index contributed by atoms with van der Waals surface area (Å²) in [5, 5.41) is 7.61. The van der Waals surface area contributed by atoms with Crippen LogP contribution in [0.15, 0.2) is 47.7 Å². The number of para-hydroxylation sites is 1. The summed E-state index contributed by atoms with van der Waals surface area (Å²) < 4.78 is 26.5. The fourth-order valence-electron chi connectivity index (χ4n) is 2.37. The number of aliphatic imine (C=N–C) groups is 1. The highest BCUT2D eigenvalue weighted by Gasteiger charge is 2.09. The molecule has 2 aromatic rings. The Kier molecular flexibility index (Phi) is 7.16. The lowest BCUT2D eigenvalue weighted by molar-refractivity contribution is 0.477. The van der Waals surface area contributed by atoms with Crippen LogP contribution < -0.4 is 10.0 Å². The maximum absolute atomic E-state index is 11.1. The van der Waals surface area contributed by atoms with Crippen molar-refractivity contribution in [1.82, 2.24) is 24.7 Å². The van der Waals surface area contributed by atoms with Gasteiger partial charge >= 0.3 is 0 Å². The molecule has 9 heteroatoms. The van der Waals surface area contributed by atoms with E-state index in [9.17, 15) is 8.42 Å². The third-order valence-electron chi connectivity index (χ3n) is 3.51. The lowest BCUT2D eigenvalue weighted by atomic mass is 10.3. The molecule has 2 rings (SSSR count). The van der Waals surface area contributed by atoms with Crippen molar-refractivity contribution in [3.63, 3.8) is 0 Å². The maximum Gasteiger partial charge on any atom is 0.208 e. The minimum Gasteiger partial charge on any atom is -0.357 e. The van der Waals surface area contributed by atoms with E-state index in [0.29, 0.717) is 13.1 Å². The van der Waals surface area contributed by atoms with Crippen molar-refractivity contribution in [2.75, 3.05) is 32.9 Å². The van der Waals surface area contributed by atoms with Gasteiger partial charge in [-0.25, -0.2) is 17.8 Å². The predicted octanol–water partition coefficient (Wildman–Crippen LogP) is 0.819. The van der Waals surface area contributed by atoms with Crippen LogP contribution in [0.3, 0.4) is 0 Å². The summed E-state index contributed by atoms with van der Waals surface area (Å²) in [5.41, 5.74) is 2.06. The van der Waals surface area contributed by atoms with Crippen molar-refractivity contribution in [2.45, 2.75) is 13.5 Å². The standard InChI is InChI=1S/C17H26N6O2S/c1-4-18-17(19-10-11-21-26(3,24)25)22(2)13-15-12-20-23(14-15)16-8-6-5-7-9-16/h5-9,12,14,21H,4,10-11,13H2,1-3H3,(H,18,19). The molecule has 0 radical (unpaired) electrons. The van der Waals surface area contributed by atoms with Crippen LogP contribution in [0.5, 0.6) is 0 Å². The minimum atomic E-state index is -3.19. The first-order valence-corrected chi connectivity index (χ1v) is 10.3. The van der Waals surface area contributed by atoms with Crippen molar-refractivity contribution < 1.29 is 8.42 Å². The molecule has 0 fully saturated rings. The zero-order valence-electron chi connectivity index (χ0n) is 15.4. The number of nitrogens with zero attached hydrogens (tertiary/aromatic N) is 4. The molecule has 1 heterocycles. The smallest absolute Gasteiger partial charge is 0.208 e. The first kappa shape index (κ1) is 19.9. The third-order valence-corrected chi connectivity index (χ3v) is 4.24. The van der Waals surface area contributed by atoms with Gasteiger partial charge in [0.15, 0.2) is 5.96 Å². The number of sulfonamides is 1. The van der Waals surface area contributed by atoms with E-state index < -0.39 is 10.0 Å². The van der Waals surface area contributed by atoms with E-state index in [-0.39, 0.29) is 6.54 Å². The SMILES string of the molecule is CCNC(=NCCNS(C)(=O)=O)N(C)Cc1cnn(-c2ccccc2)c1. The van der Waals surface area contributed by atoms with Gasteiger partial charge < -0.3 is 10.2 Å². The second-order valence-corrected chi connectivity index (χ2v) is 7.72. The minimum absolute atomic E-state index is 0.271. The van der Waals surface area contributed by atoms with Gasteiger partial charge in [-0.2, -0.15) is 5.10 Å². The number of nitrogens with one attached hydrogen (secondary N) is 2. The second-order valence-electron chi connectivity index (χ2n) is 5.89. The number of aromatic nitrogens is 2. The number of hydrogen-bond acceptors (Lipinski definition) is 4. The average Bonchev–Trinajstić information content (AvgIpc) is 3.06. The van der Waals surface area contributed by atoms with Crippen LogP contribution in [0.4, 0.5) is 0 Å². The summed E-state index contributed by atoms with van der Waals surface area (Å²) in [4.78, 5) is 6.44. The molecule has 0 amide bonds. The van der Waals surface area contributed by atoms with Gasteiger partial charge in [-0.05, 0) is 19.1 Å². The molecular weight excluding hydrogens is 352 g/mol. The van der Waals surface area contributed by atoms with E-state index in [0.717, 1.165) is 30.0 Å². The molecule has 0 aliphatic heterocycles. The van der Waals surface area contributed by atoms with Gasteiger partial charge in [0.2, 0.25) is 10.0 Å². The van der Waals surface area contributed by atoms with Crippen LogP contribution >= 0.6 is 0 Å². The Balaban J connectivity index is 1.98. The Morgan fingerprint density at radius 2 is 2.04 bits per heavy atom. The van der Waals surface area contributed by atoms with E-state index in [1.165, 1.54) is 0 Å². The van der Waals surface area contributed by atoms with Gasteiger partial charge in [0.05, 0.1) is 24.7 Å². The quantitative estimate of drug-likeness (QED) is 0.403. The van der Waals surface area contributed by atoms with Gasteiger partial charge in [-0.1, -0.05) is 18.2 Å². The summed E-state index contributed by atoms with van der Waals surface area (Å²) in [6, 6.07) is 9.92. The highest BCUT2D eigenvalue weighted by Crippen LogP contribution is 2.09. The Hall–Kier alpha value is -2.39. The third kappa shape index (κ3) is 6.49. The van der Waals surface area contributed by atoms with Crippen molar-refractivity contribution in [3.05, 3.63) is 48.3 Å². The zero-order chi connectivity index (χ0) is 19.0. The van der Waals surface area contributed by atoms with Crippen LogP contribution in [0, 0.1) is 0 Å². The summed E-state index contributed by atoms with van der Waals surface area (Å²) in [5.74, 6) is 0.718. The molecular formula is C17H26N6O2S. The van der Waals surface area contributed by atoms with Crippen molar-refractivity contribution >= 4 is 16.0 Å². The predicted molar refractivity (Wildman–Crippen MR) is 104 cm³/mol. The highest BCUT2D eigenvalue weighted by molar-refractivity contribution is 7.88. The topological polar surface area (TPSA) is 91.6 Å².